The summed E-state index contributed by atoms with van der Waals surface area (Å²) >= 11 is 0. The molecule has 1 N–H and O–H groups in total. The lowest BCUT2D eigenvalue weighted by atomic mass is 10.2. The second-order valence-corrected chi connectivity index (χ2v) is 4.15. The van der Waals surface area contributed by atoms with Gasteiger partial charge in [-0.1, -0.05) is 57.0 Å². The largest absolute Gasteiger partial charge is 0.493 e. The van der Waals surface area contributed by atoms with Crippen molar-refractivity contribution in [1.82, 2.24) is 5.32 Å². The van der Waals surface area contributed by atoms with Gasteiger partial charge >= 0.3 is 0 Å². The molecule has 0 bridgehead atoms. The van der Waals surface area contributed by atoms with Crippen molar-refractivity contribution < 1.29 is 4.74 Å². The molecule has 0 spiro atoms. The summed E-state index contributed by atoms with van der Waals surface area (Å²) in [5.74, 6) is 0.948. The number of ether oxygens (including phenoxy) is 1. The number of rotatable bonds is 7. The number of hydrogen-bond donors (Lipinski definition) is 1. The third-order valence-electron chi connectivity index (χ3n) is 2.39. The van der Waals surface area contributed by atoms with Crippen molar-refractivity contribution in [2.75, 3.05) is 20.7 Å². The number of unbranched alkanes of at least 4 members (excludes halogenated alkanes) is 3. The maximum Gasteiger partial charge on any atom is 0.126 e. The first-order valence-corrected chi connectivity index (χ1v) is 6.72. The molecule has 0 aliphatic rings. The summed E-state index contributed by atoms with van der Waals surface area (Å²) in [5.41, 5.74) is 1.08. The topological polar surface area (TPSA) is 21.3 Å². The highest BCUT2D eigenvalue weighted by Crippen LogP contribution is 2.19. The molecule has 1 aromatic rings. The Morgan fingerprint density at radius 3 is 2.44 bits per heavy atom. The van der Waals surface area contributed by atoms with Crippen LogP contribution in [0.4, 0.5) is 0 Å². The normalized spacial score (nSPS) is 9.28. The van der Waals surface area contributed by atoms with Crippen LogP contribution in [0.1, 0.15) is 38.2 Å². The first kappa shape index (κ1) is 16.7. The van der Waals surface area contributed by atoms with Crippen LogP contribution < -0.4 is 10.1 Å². The van der Waals surface area contributed by atoms with E-state index < -0.39 is 0 Å². The van der Waals surface area contributed by atoms with Gasteiger partial charge in [-0.05, 0) is 26.6 Å². The van der Waals surface area contributed by atoms with Crippen LogP contribution in [0.3, 0.4) is 0 Å². The van der Waals surface area contributed by atoms with Gasteiger partial charge in [0.2, 0.25) is 0 Å². The van der Waals surface area contributed by atoms with Crippen molar-refractivity contribution in [3.8, 4) is 5.75 Å². The molecule has 0 heterocycles. The summed E-state index contributed by atoms with van der Waals surface area (Å²) in [6.45, 7) is 6.80. The fraction of sp³-hybridized carbons (Fsp3) is 0.500. The highest BCUT2D eigenvalue weighted by atomic mass is 16.5. The Morgan fingerprint density at radius 1 is 1.17 bits per heavy atom. The van der Waals surface area contributed by atoms with E-state index in [-0.39, 0.29) is 0 Å². The van der Waals surface area contributed by atoms with Crippen LogP contribution >= 0.6 is 0 Å². The Bertz CT molecular complexity index is 310. The average Bonchev–Trinajstić information content (AvgIpc) is 2.40. The third kappa shape index (κ3) is 7.91. The van der Waals surface area contributed by atoms with E-state index in [9.17, 15) is 0 Å². The van der Waals surface area contributed by atoms with Gasteiger partial charge in [0.1, 0.15) is 5.75 Å². The van der Waals surface area contributed by atoms with E-state index in [4.69, 9.17) is 4.74 Å². The molecule has 0 saturated carbocycles. The van der Waals surface area contributed by atoms with Crippen LogP contribution in [-0.2, 0) is 0 Å². The van der Waals surface area contributed by atoms with Gasteiger partial charge in [0.05, 0.1) is 6.61 Å². The quantitative estimate of drug-likeness (QED) is 0.734. The number of hydrogen-bond acceptors (Lipinski definition) is 2. The molecule has 0 radical (unpaired) electrons. The predicted molar refractivity (Wildman–Crippen MR) is 81.2 cm³/mol. The molecule has 0 saturated heterocycles. The summed E-state index contributed by atoms with van der Waals surface area (Å²) in [6.07, 6.45) is 6.79. The van der Waals surface area contributed by atoms with Crippen molar-refractivity contribution in [1.29, 1.82) is 0 Å². The van der Waals surface area contributed by atoms with Gasteiger partial charge in [0.15, 0.2) is 0 Å². The van der Waals surface area contributed by atoms with Crippen molar-refractivity contribution in [3.63, 3.8) is 0 Å². The van der Waals surface area contributed by atoms with E-state index in [0.29, 0.717) is 0 Å². The lowest BCUT2D eigenvalue weighted by molar-refractivity contribution is 0.304. The Morgan fingerprint density at radius 2 is 1.83 bits per heavy atom. The van der Waals surface area contributed by atoms with Crippen LogP contribution in [0.25, 0.3) is 6.08 Å². The van der Waals surface area contributed by atoms with Crippen LogP contribution in [0.2, 0.25) is 0 Å². The summed E-state index contributed by atoms with van der Waals surface area (Å²) in [6, 6.07) is 8.01. The smallest absolute Gasteiger partial charge is 0.126 e. The first-order chi connectivity index (χ1) is 8.79. The fourth-order valence-electron chi connectivity index (χ4n) is 1.49. The SMILES string of the molecule is C=Cc1ccccc1OCCCCCC.CNC. The van der Waals surface area contributed by atoms with Gasteiger partial charge in [-0.3, -0.25) is 0 Å². The van der Waals surface area contributed by atoms with Gasteiger partial charge in [0, 0.05) is 5.56 Å². The van der Waals surface area contributed by atoms with Gasteiger partial charge in [-0.25, -0.2) is 0 Å². The molecule has 0 unspecified atom stereocenters. The predicted octanol–water partition coefficient (Wildman–Crippen LogP) is 4.12. The van der Waals surface area contributed by atoms with E-state index in [1.54, 1.807) is 0 Å². The molecule has 1 rings (SSSR count). The minimum Gasteiger partial charge on any atom is -0.493 e. The highest BCUT2D eigenvalue weighted by molar-refractivity contribution is 5.55. The van der Waals surface area contributed by atoms with Crippen LogP contribution in [-0.4, -0.2) is 20.7 Å². The maximum absolute atomic E-state index is 5.70. The molecule has 0 aliphatic carbocycles. The monoisotopic (exact) mass is 249 g/mol. The van der Waals surface area contributed by atoms with Crippen LogP contribution in [0.5, 0.6) is 5.75 Å². The lowest BCUT2D eigenvalue weighted by Crippen LogP contribution is -1.98. The van der Waals surface area contributed by atoms with Crippen molar-refractivity contribution in [3.05, 3.63) is 36.4 Å². The van der Waals surface area contributed by atoms with Crippen molar-refractivity contribution >= 4 is 6.08 Å². The molecule has 0 aliphatic heterocycles. The fourth-order valence-corrected chi connectivity index (χ4v) is 1.49. The zero-order valence-electron chi connectivity index (χ0n) is 12.0. The van der Waals surface area contributed by atoms with Crippen LogP contribution in [0.15, 0.2) is 30.8 Å². The first-order valence-electron chi connectivity index (χ1n) is 6.72. The van der Waals surface area contributed by atoms with E-state index in [2.05, 4.69) is 18.8 Å². The van der Waals surface area contributed by atoms with E-state index in [0.717, 1.165) is 24.3 Å². The van der Waals surface area contributed by atoms with Crippen LogP contribution in [0, 0.1) is 0 Å². The Kier molecular flexibility index (Phi) is 11.3. The molecule has 0 fully saturated rings. The summed E-state index contributed by atoms with van der Waals surface area (Å²) < 4.78 is 5.70. The number of nitrogens with one attached hydrogen (secondary N) is 1. The number of para-hydroxylation sites is 1. The molecule has 2 nitrogen and oxygen atoms in total. The maximum atomic E-state index is 5.70. The Balaban J connectivity index is 0.000000873. The summed E-state index contributed by atoms with van der Waals surface area (Å²) in [7, 11) is 3.75. The zero-order chi connectivity index (χ0) is 13.6. The molecule has 0 atom stereocenters. The van der Waals surface area contributed by atoms with Gasteiger partial charge in [-0.2, -0.15) is 0 Å². The summed E-state index contributed by atoms with van der Waals surface area (Å²) in [4.78, 5) is 0. The van der Waals surface area contributed by atoms with E-state index in [1.807, 2.05) is 44.4 Å². The Hall–Kier alpha value is -1.28. The van der Waals surface area contributed by atoms with Gasteiger partial charge in [-0.15, -0.1) is 0 Å². The zero-order valence-corrected chi connectivity index (χ0v) is 12.0. The highest BCUT2D eigenvalue weighted by Gasteiger charge is 1.98. The second kappa shape index (κ2) is 12.2. The molecule has 2 heteroatoms. The molecular weight excluding hydrogens is 222 g/mol. The second-order valence-electron chi connectivity index (χ2n) is 4.15. The van der Waals surface area contributed by atoms with E-state index >= 15 is 0 Å². The standard InChI is InChI=1S/C14H20O.C2H7N/c1-3-5-6-9-12-15-14-11-8-7-10-13(14)4-2;1-3-2/h4,7-8,10-11H,2-3,5-6,9,12H2,1H3;3H,1-2H3. The van der Waals surface area contributed by atoms with Gasteiger partial charge in [0.25, 0.3) is 0 Å². The minimum absolute atomic E-state index is 0.810. The van der Waals surface area contributed by atoms with Crippen molar-refractivity contribution in [2.24, 2.45) is 0 Å². The molecular formula is C16H27NO. The molecule has 0 aromatic heterocycles. The minimum atomic E-state index is 0.810. The third-order valence-corrected chi connectivity index (χ3v) is 2.39. The molecule has 102 valence electrons. The van der Waals surface area contributed by atoms with E-state index in [1.165, 1.54) is 19.3 Å². The van der Waals surface area contributed by atoms with Crippen molar-refractivity contribution in [2.45, 2.75) is 32.6 Å². The summed E-state index contributed by atoms with van der Waals surface area (Å²) in [5, 5.41) is 2.75. The molecule has 1 aromatic carbocycles. The molecule has 18 heavy (non-hydrogen) atoms. The lowest BCUT2D eigenvalue weighted by Gasteiger charge is -2.08. The molecule has 0 amide bonds. The Labute approximate surface area is 112 Å². The average molecular weight is 249 g/mol. The van der Waals surface area contributed by atoms with Gasteiger partial charge < -0.3 is 10.1 Å². The number of benzene rings is 1.